The highest BCUT2D eigenvalue weighted by Gasteiger charge is 2.32. The fourth-order valence-corrected chi connectivity index (χ4v) is 5.38. The molecule has 0 bridgehead atoms. The van der Waals surface area contributed by atoms with E-state index in [4.69, 9.17) is 0 Å². The van der Waals surface area contributed by atoms with E-state index in [1.165, 1.54) is 66.2 Å². The molecule has 1 aliphatic heterocycles. The number of anilines is 1. The molecule has 2 heterocycles. The first-order valence-corrected chi connectivity index (χ1v) is 12.3. The second-order valence-electron chi connectivity index (χ2n) is 9.77. The summed E-state index contributed by atoms with van der Waals surface area (Å²) in [7, 11) is 2.12. The zero-order valence-electron chi connectivity index (χ0n) is 19.9. The number of aromatic amines is 1. The molecule has 0 unspecified atom stereocenters. The number of H-pyrrole nitrogens is 1. The molecule has 166 valence electrons. The number of carbonyl (C=O) groups excluding carboxylic acids is 1. The first kappa shape index (κ1) is 22.9. The van der Waals surface area contributed by atoms with Crippen molar-refractivity contribution < 1.29 is 4.79 Å². The van der Waals surface area contributed by atoms with Crippen molar-refractivity contribution >= 4 is 22.4 Å². The number of hydrogen-bond donors (Lipinski definition) is 1. The Bertz CT molecular complexity index is 835. The topological polar surface area (TPSA) is 36.1 Å². The van der Waals surface area contributed by atoms with E-state index in [9.17, 15) is 4.79 Å². The Morgan fingerprint density at radius 3 is 2.50 bits per heavy atom. The molecular formula is C27H42N2O. The van der Waals surface area contributed by atoms with Crippen LogP contribution in [-0.4, -0.2) is 23.9 Å². The van der Waals surface area contributed by atoms with Gasteiger partial charge >= 0.3 is 0 Å². The molecule has 0 aliphatic carbocycles. The lowest BCUT2D eigenvalue weighted by atomic mass is 9.88. The predicted molar refractivity (Wildman–Crippen MR) is 130 cm³/mol. The number of aryl methyl sites for hydroxylation is 1. The maximum atomic E-state index is 13.2. The summed E-state index contributed by atoms with van der Waals surface area (Å²) >= 11 is 0. The van der Waals surface area contributed by atoms with E-state index < -0.39 is 0 Å². The number of likely N-dealkylation sites (N-methyl/N-ethyl adjacent to an activating group) is 1. The lowest BCUT2D eigenvalue weighted by Crippen LogP contribution is -2.43. The summed E-state index contributed by atoms with van der Waals surface area (Å²) in [5.74, 6) is 1.13. The number of ketones is 1. The molecular weight excluding hydrogens is 368 g/mol. The summed E-state index contributed by atoms with van der Waals surface area (Å²) in [6.45, 7) is 8.86. The van der Waals surface area contributed by atoms with Crippen LogP contribution in [0, 0.1) is 11.8 Å². The Labute approximate surface area is 183 Å². The highest BCUT2D eigenvalue weighted by Crippen LogP contribution is 2.37. The second-order valence-corrected chi connectivity index (χ2v) is 9.77. The van der Waals surface area contributed by atoms with Crippen molar-refractivity contribution in [3.05, 3.63) is 29.5 Å². The van der Waals surface area contributed by atoms with Gasteiger partial charge in [-0.05, 0) is 48.3 Å². The van der Waals surface area contributed by atoms with E-state index in [1.54, 1.807) is 0 Å². The van der Waals surface area contributed by atoms with Gasteiger partial charge in [-0.25, -0.2) is 0 Å². The third-order valence-corrected chi connectivity index (χ3v) is 7.12. The summed E-state index contributed by atoms with van der Waals surface area (Å²) < 4.78 is 0. The molecule has 1 aliphatic rings. The van der Waals surface area contributed by atoms with Gasteiger partial charge in [-0.3, -0.25) is 4.79 Å². The summed E-state index contributed by atoms with van der Waals surface area (Å²) in [4.78, 5) is 19.1. The van der Waals surface area contributed by atoms with Crippen LogP contribution in [0.3, 0.4) is 0 Å². The minimum absolute atomic E-state index is 0.0486. The van der Waals surface area contributed by atoms with Gasteiger partial charge in [0.15, 0.2) is 5.78 Å². The average Bonchev–Trinajstić information content (AvgIpc) is 3.14. The molecule has 0 amide bonds. The van der Waals surface area contributed by atoms with Gasteiger partial charge < -0.3 is 9.88 Å². The second kappa shape index (κ2) is 10.5. The molecule has 1 N–H and O–H groups in total. The molecule has 3 nitrogen and oxygen atoms in total. The molecule has 0 saturated heterocycles. The fourth-order valence-electron chi connectivity index (χ4n) is 5.38. The molecule has 1 aromatic heterocycles. The minimum Gasteiger partial charge on any atom is -0.364 e. The molecule has 2 atom stereocenters. The normalized spacial score (nSPS) is 19.9. The van der Waals surface area contributed by atoms with Gasteiger partial charge in [0.25, 0.3) is 0 Å². The van der Waals surface area contributed by atoms with Crippen LogP contribution in [0.15, 0.2) is 18.3 Å². The van der Waals surface area contributed by atoms with Crippen LogP contribution in [-0.2, 0) is 17.6 Å². The standard InChI is InChI=1S/C27H42N2O/c1-6-8-9-10-11-12-13-21-14-15-23-25-22(18-28-26(21)25)16-20(7-2)17-24(30)27(19(3)4)29(23)5/h14-15,18-20,27-28H,6-13,16-17H2,1-5H3/t20-,27+/m1/s1. The van der Waals surface area contributed by atoms with Crippen molar-refractivity contribution in [2.45, 2.75) is 97.9 Å². The molecule has 30 heavy (non-hydrogen) atoms. The minimum atomic E-state index is -0.0486. The van der Waals surface area contributed by atoms with E-state index >= 15 is 0 Å². The van der Waals surface area contributed by atoms with Gasteiger partial charge in [0.2, 0.25) is 0 Å². The molecule has 0 spiro atoms. The lowest BCUT2D eigenvalue weighted by molar-refractivity contribution is -0.122. The number of benzene rings is 1. The monoisotopic (exact) mass is 410 g/mol. The smallest absolute Gasteiger partial charge is 0.155 e. The number of nitrogens with zero attached hydrogens (tertiary/aromatic N) is 1. The summed E-state index contributed by atoms with van der Waals surface area (Å²) in [6.07, 6.45) is 14.1. The Morgan fingerprint density at radius 2 is 1.80 bits per heavy atom. The number of rotatable bonds is 9. The van der Waals surface area contributed by atoms with Crippen LogP contribution < -0.4 is 4.90 Å². The fraction of sp³-hybridized carbons (Fsp3) is 0.667. The Morgan fingerprint density at radius 1 is 1.07 bits per heavy atom. The number of Topliss-reactive ketones (excluding diaryl/α,β-unsaturated/α-hetero) is 1. The van der Waals surface area contributed by atoms with E-state index in [1.807, 2.05) is 0 Å². The SMILES string of the molecule is CCCCCCCCc1ccc2c3c(c[nH]c13)C[C@@H](CC)CC(=O)[C@H](C(C)C)N2C. The molecule has 0 radical (unpaired) electrons. The van der Waals surface area contributed by atoms with Crippen LogP contribution in [0.5, 0.6) is 0 Å². The first-order valence-electron chi connectivity index (χ1n) is 12.3. The number of carbonyl (C=O) groups is 1. The Hall–Kier alpha value is -1.77. The van der Waals surface area contributed by atoms with Crippen LogP contribution in [0.2, 0.25) is 0 Å². The average molecular weight is 411 g/mol. The van der Waals surface area contributed by atoms with Gasteiger partial charge in [0.05, 0.1) is 11.6 Å². The van der Waals surface area contributed by atoms with Crippen molar-refractivity contribution in [3.63, 3.8) is 0 Å². The Kier molecular flexibility index (Phi) is 8.02. The highest BCUT2D eigenvalue weighted by molar-refractivity contribution is 6.00. The zero-order valence-corrected chi connectivity index (χ0v) is 19.9. The first-order chi connectivity index (χ1) is 14.5. The van der Waals surface area contributed by atoms with Crippen molar-refractivity contribution in [2.75, 3.05) is 11.9 Å². The van der Waals surface area contributed by atoms with Gasteiger partial charge in [-0.1, -0.05) is 72.3 Å². The van der Waals surface area contributed by atoms with Gasteiger partial charge in [0.1, 0.15) is 0 Å². The van der Waals surface area contributed by atoms with Crippen LogP contribution in [0.25, 0.3) is 10.9 Å². The summed E-state index contributed by atoms with van der Waals surface area (Å²) in [6, 6.07) is 4.53. The van der Waals surface area contributed by atoms with Crippen molar-refractivity contribution in [1.29, 1.82) is 0 Å². The molecule has 1 aromatic carbocycles. The van der Waals surface area contributed by atoms with E-state index in [2.05, 4.69) is 63.0 Å². The van der Waals surface area contributed by atoms with Gasteiger partial charge in [-0.2, -0.15) is 0 Å². The van der Waals surface area contributed by atoms with E-state index in [0.29, 0.717) is 24.0 Å². The molecule has 3 heteroatoms. The van der Waals surface area contributed by atoms with E-state index in [0.717, 1.165) is 19.3 Å². The van der Waals surface area contributed by atoms with Crippen molar-refractivity contribution in [2.24, 2.45) is 11.8 Å². The third-order valence-electron chi connectivity index (χ3n) is 7.12. The molecule has 2 aromatic rings. The molecule has 0 fully saturated rings. The van der Waals surface area contributed by atoms with Crippen LogP contribution in [0.4, 0.5) is 5.69 Å². The van der Waals surface area contributed by atoms with E-state index in [-0.39, 0.29) is 6.04 Å². The highest BCUT2D eigenvalue weighted by atomic mass is 16.1. The largest absolute Gasteiger partial charge is 0.364 e. The lowest BCUT2D eigenvalue weighted by Gasteiger charge is -2.32. The van der Waals surface area contributed by atoms with Crippen LogP contribution >= 0.6 is 0 Å². The predicted octanol–water partition coefficient (Wildman–Crippen LogP) is 7.07. The zero-order chi connectivity index (χ0) is 21.7. The molecule has 3 rings (SSSR count). The maximum Gasteiger partial charge on any atom is 0.155 e. The van der Waals surface area contributed by atoms with Gasteiger partial charge in [0, 0.05) is 30.7 Å². The summed E-state index contributed by atoms with van der Waals surface area (Å²) in [5.41, 5.74) is 5.34. The molecule has 0 saturated carbocycles. The Balaban J connectivity index is 1.93. The van der Waals surface area contributed by atoms with Gasteiger partial charge in [-0.15, -0.1) is 0 Å². The number of unbranched alkanes of at least 4 members (excludes halogenated alkanes) is 5. The van der Waals surface area contributed by atoms with Crippen molar-refractivity contribution in [1.82, 2.24) is 4.98 Å². The summed E-state index contributed by atoms with van der Waals surface area (Å²) in [5, 5.41) is 1.36. The number of hydrogen-bond acceptors (Lipinski definition) is 2. The third kappa shape index (κ3) is 4.92. The quantitative estimate of drug-likeness (QED) is 0.449. The maximum absolute atomic E-state index is 13.2. The number of nitrogens with one attached hydrogen (secondary N) is 1. The number of aromatic nitrogens is 1. The van der Waals surface area contributed by atoms with Crippen molar-refractivity contribution in [3.8, 4) is 0 Å². The van der Waals surface area contributed by atoms with Crippen LogP contribution in [0.1, 0.15) is 90.2 Å².